The summed E-state index contributed by atoms with van der Waals surface area (Å²) in [6, 6.07) is 0. The number of aromatic nitrogens is 3. The third kappa shape index (κ3) is 1.40. The van der Waals surface area contributed by atoms with Gasteiger partial charge in [0.25, 0.3) is 0 Å². The molecule has 0 amide bonds. The van der Waals surface area contributed by atoms with E-state index in [9.17, 15) is 8.42 Å². The second kappa shape index (κ2) is 2.53. The molecule has 0 spiro atoms. The number of sulfone groups is 1. The van der Waals surface area contributed by atoms with Crippen molar-refractivity contribution in [1.82, 2.24) is 14.4 Å². The minimum atomic E-state index is -3.18. The van der Waals surface area contributed by atoms with Crippen molar-refractivity contribution in [2.45, 2.75) is 4.90 Å². The van der Waals surface area contributed by atoms with Crippen LogP contribution in [0.3, 0.4) is 0 Å². The number of hydrogen-bond donors (Lipinski definition) is 0. The summed E-state index contributed by atoms with van der Waals surface area (Å²) in [5.41, 5.74) is 0. The molecule has 0 aliphatic rings. The highest BCUT2D eigenvalue weighted by atomic mass is 32.2. The summed E-state index contributed by atoms with van der Waals surface area (Å²) in [4.78, 5) is 7.97. The maximum atomic E-state index is 11.1. The SMILES string of the molecule is CS(=O)(=O)c1cnc2nccn2c1. The zero-order valence-corrected chi connectivity index (χ0v) is 7.69. The molecular weight excluding hydrogens is 190 g/mol. The molecule has 0 aliphatic carbocycles. The molecule has 0 saturated carbocycles. The van der Waals surface area contributed by atoms with Crippen LogP contribution in [0.1, 0.15) is 0 Å². The van der Waals surface area contributed by atoms with Crippen molar-refractivity contribution in [3.05, 3.63) is 24.8 Å². The molecular formula is C7H7N3O2S. The number of rotatable bonds is 1. The van der Waals surface area contributed by atoms with E-state index in [2.05, 4.69) is 9.97 Å². The van der Waals surface area contributed by atoms with Gasteiger partial charge in [0.2, 0.25) is 5.78 Å². The van der Waals surface area contributed by atoms with Crippen LogP contribution in [0, 0.1) is 0 Å². The lowest BCUT2D eigenvalue weighted by Crippen LogP contribution is -2.00. The molecule has 0 aliphatic heterocycles. The van der Waals surface area contributed by atoms with Crippen LogP contribution in [-0.2, 0) is 9.84 Å². The molecule has 5 nitrogen and oxygen atoms in total. The number of imidazole rings is 1. The Bertz CT molecular complexity index is 544. The van der Waals surface area contributed by atoms with Gasteiger partial charge < -0.3 is 0 Å². The van der Waals surface area contributed by atoms with Crippen molar-refractivity contribution in [1.29, 1.82) is 0 Å². The topological polar surface area (TPSA) is 64.3 Å². The van der Waals surface area contributed by atoms with Gasteiger partial charge in [0.1, 0.15) is 4.90 Å². The van der Waals surface area contributed by atoms with Crippen LogP contribution >= 0.6 is 0 Å². The first kappa shape index (κ1) is 8.18. The van der Waals surface area contributed by atoms with Gasteiger partial charge in [-0.3, -0.25) is 4.40 Å². The maximum Gasteiger partial charge on any atom is 0.233 e. The Hall–Kier alpha value is -1.43. The number of fused-ring (bicyclic) bond motifs is 1. The van der Waals surface area contributed by atoms with Crippen LogP contribution in [-0.4, -0.2) is 29.0 Å². The quantitative estimate of drug-likeness (QED) is 0.652. The Kier molecular flexibility index (Phi) is 1.59. The van der Waals surface area contributed by atoms with Crippen molar-refractivity contribution in [3.8, 4) is 0 Å². The zero-order valence-electron chi connectivity index (χ0n) is 6.88. The summed E-state index contributed by atoms with van der Waals surface area (Å²) in [6.45, 7) is 0. The van der Waals surface area contributed by atoms with Crippen molar-refractivity contribution in [2.24, 2.45) is 0 Å². The first-order valence-corrected chi connectivity index (χ1v) is 5.45. The van der Waals surface area contributed by atoms with Crippen molar-refractivity contribution in [2.75, 3.05) is 6.26 Å². The molecule has 0 saturated heterocycles. The Morgan fingerprint density at radius 1 is 1.38 bits per heavy atom. The molecule has 68 valence electrons. The van der Waals surface area contributed by atoms with Crippen molar-refractivity contribution >= 4 is 15.6 Å². The molecule has 2 aromatic rings. The first-order valence-electron chi connectivity index (χ1n) is 3.56. The van der Waals surface area contributed by atoms with E-state index in [4.69, 9.17) is 0 Å². The molecule has 0 atom stereocenters. The van der Waals surface area contributed by atoms with E-state index in [1.807, 2.05) is 0 Å². The van der Waals surface area contributed by atoms with Crippen LogP contribution in [0.15, 0.2) is 29.7 Å². The lowest BCUT2D eigenvalue weighted by atomic mass is 10.6. The van der Waals surface area contributed by atoms with Crippen LogP contribution in [0.25, 0.3) is 5.78 Å². The second-order valence-electron chi connectivity index (χ2n) is 2.70. The monoisotopic (exact) mass is 197 g/mol. The van der Waals surface area contributed by atoms with E-state index in [1.165, 1.54) is 12.4 Å². The van der Waals surface area contributed by atoms with Crippen molar-refractivity contribution in [3.63, 3.8) is 0 Å². The maximum absolute atomic E-state index is 11.1. The third-order valence-electron chi connectivity index (χ3n) is 1.65. The first-order chi connectivity index (χ1) is 6.07. The minimum Gasteiger partial charge on any atom is -0.290 e. The van der Waals surface area contributed by atoms with Gasteiger partial charge in [0, 0.05) is 24.8 Å². The van der Waals surface area contributed by atoms with Gasteiger partial charge in [-0.05, 0) is 0 Å². The lowest BCUT2D eigenvalue weighted by Gasteiger charge is -1.97. The third-order valence-corrected chi connectivity index (χ3v) is 2.72. The van der Waals surface area contributed by atoms with Gasteiger partial charge in [-0.1, -0.05) is 0 Å². The molecule has 0 fully saturated rings. The molecule has 0 aromatic carbocycles. The van der Waals surface area contributed by atoms with Gasteiger partial charge in [0.15, 0.2) is 9.84 Å². The average Bonchev–Trinajstić information content (AvgIpc) is 2.47. The molecule has 0 radical (unpaired) electrons. The summed E-state index contributed by atoms with van der Waals surface area (Å²) in [5, 5.41) is 0. The fourth-order valence-corrected chi connectivity index (χ4v) is 1.54. The normalized spacial score (nSPS) is 12.1. The predicted octanol–water partition coefficient (Wildman–Crippen LogP) is 0.133. The van der Waals surface area contributed by atoms with Crippen LogP contribution in [0.5, 0.6) is 0 Å². The van der Waals surface area contributed by atoms with Gasteiger partial charge in [-0.15, -0.1) is 0 Å². The summed E-state index contributed by atoms with van der Waals surface area (Å²) >= 11 is 0. The predicted molar refractivity (Wildman–Crippen MR) is 46.1 cm³/mol. The highest BCUT2D eigenvalue weighted by Gasteiger charge is 2.08. The fourth-order valence-electron chi connectivity index (χ4n) is 0.989. The van der Waals surface area contributed by atoms with E-state index < -0.39 is 9.84 Å². The highest BCUT2D eigenvalue weighted by molar-refractivity contribution is 7.90. The molecule has 2 aromatic heterocycles. The standard InChI is InChI=1S/C7H7N3O2S/c1-13(11,12)6-4-9-7-8-2-3-10(7)5-6/h2-5H,1H3. The van der Waals surface area contributed by atoms with E-state index in [0.29, 0.717) is 5.78 Å². The van der Waals surface area contributed by atoms with Gasteiger partial charge >= 0.3 is 0 Å². The largest absolute Gasteiger partial charge is 0.290 e. The Labute approximate surface area is 75.0 Å². The Morgan fingerprint density at radius 3 is 2.85 bits per heavy atom. The Morgan fingerprint density at radius 2 is 2.15 bits per heavy atom. The van der Waals surface area contributed by atoms with E-state index in [1.54, 1.807) is 16.8 Å². The highest BCUT2D eigenvalue weighted by Crippen LogP contribution is 2.07. The molecule has 2 heterocycles. The van der Waals surface area contributed by atoms with Crippen LogP contribution < -0.4 is 0 Å². The van der Waals surface area contributed by atoms with Gasteiger partial charge in [-0.25, -0.2) is 18.4 Å². The smallest absolute Gasteiger partial charge is 0.233 e. The van der Waals surface area contributed by atoms with E-state index >= 15 is 0 Å². The molecule has 6 heteroatoms. The Balaban J connectivity index is 2.75. The molecule has 0 N–H and O–H groups in total. The molecule has 13 heavy (non-hydrogen) atoms. The molecule has 0 bridgehead atoms. The summed E-state index contributed by atoms with van der Waals surface area (Å²) in [7, 11) is -3.18. The summed E-state index contributed by atoms with van der Waals surface area (Å²) in [6.07, 6.45) is 7.15. The van der Waals surface area contributed by atoms with Crippen LogP contribution in [0.4, 0.5) is 0 Å². The fraction of sp³-hybridized carbons (Fsp3) is 0.143. The van der Waals surface area contributed by atoms with E-state index in [-0.39, 0.29) is 4.90 Å². The zero-order chi connectivity index (χ0) is 9.47. The summed E-state index contributed by atoms with van der Waals surface area (Å²) in [5.74, 6) is 0.493. The number of nitrogens with zero attached hydrogens (tertiary/aromatic N) is 3. The average molecular weight is 197 g/mol. The molecule has 0 unspecified atom stereocenters. The summed E-state index contributed by atoms with van der Waals surface area (Å²) < 4.78 is 23.8. The van der Waals surface area contributed by atoms with Crippen LogP contribution in [0.2, 0.25) is 0 Å². The van der Waals surface area contributed by atoms with E-state index in [0.717, 1.165) is 6.26 Å². The van der Waals surface area contributed by atoms with Crippen molar-refractivity contribution < 1.29 is 8.42 Å². The molecule has 2 rings (SSSR count). The second-order valence-corrected chi connectivity index (χ2v) is 4.71. The lowest BCUT2D eigenvalue weighted by molar-refractivity contribution is 0.601. The van der Waals surface area contributed by atoms with Gasteiger partial charge in [0.05, 0.1) is 6.20 Å². The van der Waals surface area contributed by atoms with Gasteiger partial charge in [-0.2, -0.15) is 0 Å². The number of hydrogen-bond acceptors (Lipinski definition) is 4. The minimum absolute atomic E-state index is 0.193.